The molecule has 0 amide bonds. The van der Waals surface area contributed by atoms with E-state index in [1.54, 1.807) is 13.8 Å². The molecule has 2 atom stereocenters. The second-order valence-corrected chi connectivity index (χ2v) is 5.52. The minimum atomic E-state index is -1.48. The molecule has 5 heteroatoms. The lowest BCUT2D eigenvalue weighted by Gasteiger charge is -2.09. The zero-order valence-corrected chi connectivity index (χ0v) is 10.6. The van der Waals surface area contributed by atoms with Crippen molar-refractivity contribution in [3.8, 4) is 0 Å². The number of Topliss-reactive ketones (excluding diaryl/α,β-unsaturated/α-hetero) is 1. The van der Waals surface area contributed by atoms with E-state index in [0.29, 0.717) is 11.3 Å². The van der Waals surface area contributed by atoms with Crippen LogP contribution in [0.4, 0.5) is 4.39 Å². The van der Waals surface area contributed by atoms with Crippen LogP contribution in [-0.2, 0) is 15.6 Å². The summed E-state index contributed by atoms with van der Waals surface area (Å²) < 4.78 is 24.8. The minimum absolute atomic E-state index is 0.0815. The molecule has 0 aliphatic rings. The zero-order valence-electron chi connectivity index (χ0n) is 9.00. The monoisotopic (exact) mass is 262 g/mol. The maximum Gasteiger partial charge on any atom is 0.148 e. The van der Waals surface area contributed by atoms with Crippen LogP contribution in [0.15, 0.2) is 23.1 Å². The zero-order chi connectivity index (χ0) is 12.3. The first-order valence-corrected chi connectivity index (χ1v) is 6.44. The van der Waals surface area contributed by atoms with Crippen LogP contribution >= 0.6 is 11.6 Å². The second kappa shape index (κ2) is 5.55. The van der Waals surface area contributed by atoms with Crippen molar-refractivity contribution in [1.82, 2.24) is 0 Å². The molecule has 88 valence electrons. The van der Waals surface area contributed by atoms with Crippen LogP contribution in [0.1, 0.15) is 20.3 Å². The van der Waals surface area contributed by atoms with Gasteiger partial charge in [-0.1, -0.05) is 18.5 Å². The highest BCUT2D eigenvalue weighted by Crippen LogP contribution is 2.20. The Balaban J connectivity index is 2.97. The maximum absolute atomic E-state index is 12.9. The molecule has 0 spiro atoms. The van der Waals surface area contributed by atoms with Gasteiger partial charge in [0.15, 0.2) is 0 Å². The standard InChI is InChI=1S/C11H12ClFO2S/c1-3-11(14)7(2)16(15)8-4-5-10(13)9(12)6-8/h4-7H,3H2,1-2H3. The van der Waals surface area contributed by atoms with Crippen LogP contribution in [0, 0.1) is 5.82 Å². The quantitative estimate of drug-likeness (QED) is 0.836. The highest BCUT2D eigenvalue weighted by molar-refractivity contribution is 7.86. The fraction of sp³-hybridized carbons (Fsp3) is 0.364. The van der Waals surface area contributed by atoms with Gasteiger partial charge in [0, 0.05) is 11.3 Å². The molecule has 0 saturated carbocycles. The molecular weight excluding hydrogens is 251 g/mol. The number of carbonyl (C=O) groups excluding carboxylic acids is 1. The van der Waals surface area contributed by atoms with Gasteiger partial charge in [0.2, 0.25) is 0 Å². The van der Waals surface area contributed by atoms with E-state index in [4.69, 9.17) is 11.6 Å². The van der Waals surface area contributed by atoms with Crippen molar-refractivity contribution in [1.29, 1.82) is 0 Å². The average Bonchev–Trinajstić information content (AvgIpc) is 2.29. The summed E-state index contributed by atoms with van der Waals surface area (Å²) >= 11 is 5.58. The Bertz CT molecular complexity index is 434. The molecule has 0 saturated heterocycles. The summed E-state index contributed by atoms with van der Waals surface area (Å²) in [6, 6.07) is 3.84. The predicted molar refractivity (Wildman–Crippen MR) is 62.6 cm³/mol. The first-order valence-electron chi connectivity index (χ1n) is 4.85. The summed E-state index contributed by atoms with van der Waals surface area (Å²) in [4.78, 5) is 11.8. The molecule has 0 fully saturated rings. The summed E-state index contributed by atoms with van der Waals surface area (Å²) in [6.45, 7) is 3.31. The summed E-state index contributed by atoms with van der Waals surface area (Å²) in [5.74, 6) is -0.643. The van der Waals surface area contributed by atoms with Crippen molar-refractivity contribution in [2.45, 2.75) is 30.4 Å². The van der Waals surface area contributed by atoms with Crippen LogP contribution in [0.5, 0.6) is 0 Å². The first kappa shape index (κ1) is 13.3. The molecule has 0 radical (unpaired) electrons. The number of carbonyl (C=O) groups is 1. The van der Waals surface area contributed by atoms with Gasteiger partial charge in [0.1, 0.15) is 11.6 Å². The van der Waals surface area contributed by atoms with E-state index < -0.39 is 21.9 Å². The fourth-order valence-electron chi connectivity index (χ4n) is 1.21. The van der Waals surface area contributed by atoms with Crippen LogP contribution < -0.4 is 0 Å². The van der Waals surface area contributed by atoms with E-state index in [-0.39, 0.29) is 10.8 Å². The van der Waals surface area contributed by atoms with Crippen LogP contribution in [-0.4, -0.2) is 15.2 Å². The molecular formula is C11H12ClFO2S. The molecule has 0 aliphatic carbocycles. The predicted octanol–water partition coefficient (Wildman–Crippen LogP) is 2.95. The molecule has 0 N–H and O–H groups in total. The van der Waals surface area contributed by atoms with Gasteiger partial charge in [-0.2, -0.15) is 0 Å². The molecule has 2 unspecified atom stereocenters. The molecule has 0 heterocycles. The number of rotatable bonds is 4. The lowest BCUT2D eigenvalue weighted by atomic mass is 10.2. The van der Waals surface area contributed by atoms with Gasteiger partial charge in [0.05, 0.1) is 21.1 Å². The van der Waals surface area contributed by atoms with E-state index in [9.17, 15) is 13.4 Å². The van der Waals surface area contributed by atoms with E-state index >= 15 is 0 Å². The van der Waals surface area contributed by atoms with Gasteiger partial charge in [0.25, 0.3) is 0 Å². The molecule has 0 aromatic heterocycles. The Morgan fingerprint density at radius 2 is 2.19 bits per heavy atom. The van der Waals surface area contributed by atoms with Crippen molar-refractivity contribution in [2.24, 2.45) is 0 Å². The summed E-state index contributed by atoms with van der Waals surface area (Å²) in [7, 11) is -1.48. The minimum Gasteiger partial charge on any atom is -0.298 e. The molecule has 1 aromatic carbocycles. The molecule has 16 heavy (non-hydrogen) atoms. The van der Waals surface area contributed by atoms with Crippen molar-refractivity contribution in [3.63, 3.8) is 0 Å². The van der Waals surface area contributed by atoms with Crippen molar-refractivity contribution in [2.75, 3.05) is 0 Å². The molecule has 0 aliphatic heterocycles. The Morgan fingerprint density at radius 1 is 1.56 bits per heavy atom. The number of hydrogen-bond acceptors (Lipinski definition) is 2. The Hall–Kier alpha value is -0.740. The average molecular weight is 263 g/mol. The number of ketones is 1. The molecule has 1 rings (SSSR count). The highest BCUT2D eigenvalue weighted by Gasteiger charge is 2.20. The SMILES string of the molecule is CCC(=O)C(C)S(=O)c1ccc(F)c(Cl)c1. The van der Waals surface area contributed by atoms with Gasteiger partial charge >= 0.3 is 0 Å². The largest absolute Gasteiger partial charge is 0.298 e. The van der Waals surface area contributed by atoms with E-state index in [1.165, 1.54) is 12.1 Å². The first-order chi connectivity index (χ1) is 7.47. The van der Waals surface area contributed by atoms with Gasteiger partial charge in [-0.25, -0.2) is 4.39 Å². The second-order valence-electron chi connectivity index (χ2n) is 3.34. The number of benzene rings is 1. The van der Waals surface area contributed by atoms with Gasteiger partial charge in [-0.05, 0) is 25.1 Å². The van der Waals surface area contributed by atoms with Gasteiger partial charge in [-0.3, -0.25) is 9.00 Å². The lowest BCUT2D eigenvalue weighted by molar-refractivity contribution is -0.118. The Morgan fingerprint density at radius 3 is 2.69 bits per heavy atom. The lowest BCUT2D eigenvalue weighted by Crippen LogP contribution is -2.21. The van der Waals surface area contributed by atoms with Gasteiger partial charge in [-0.15, -0.1) is 0 Å². The number of halogens is 2. The molecule has 1 aromatic rings. The maximum atomic E-state index is 12.9. The van der Waals surface area contributed by atoms with E-state index in [0.717, 1.165) is 6.07 Å². The van der Waals surface area contributed by atoms with Crippen molar-refractivity contribution >= 4 is 28.2 Å². The summed E-state index contributed by atoms with van der Waals surface area (Å²) in [5, 5.41) is -0.673. The smallest absolute Gasteiger partial charge is 0.148 e. The van der Waals surface area contributed by atoms with Gasteiger partial charge < -0.3 is 0 Å². The van der Waals surface area contributed by atoms with Crippen LogP contribution in [0.25, 0.3) is 0 Å². The highest BCUT2D eigenvalue weighted by atomic mass is 35.5. The third-order valence-electron chi connectivity index (χ3n) is 2.25. The third kappa shape index (κ3) is 2.89. The summed E-state index contributed by atoms with van der Waals surface area (Å²) in [6.07, 6.45) is 0.335. The van der Waals surface area contributed by atoms with E-state index in [1.807, 2.05) is 0 Å². The van der Waals surface area contributed by atoms with Crippen LogP contribution in [0.2, 0.25) is 5.02 Å². The molecule has 0 bridgehead atoms. The van der Waals surface area contributed by atoms with E-state index in [2.05, 4.69) is 0 Å². The normalized spacial score (nSPS) is 14.5. The fourth-order valence-corrected chi connectivity index (χ4v) is 2.71. The Labute approximate surface area is 101 Å². The Kier molecular flexibility index (Phi) is 4.62. The van der Waals surface area contributed by atoms with Crippen molar-refractivity contribution in [3.05, 3.63) is 29.0 Å². The van der Waals surface area contributed by atoms with Crippen LogP contribution in [0.3, 0.4) is 0 Å². The van der Waals surface area contributed by atoms with Crippen molar-refractivity contribution < 1.29 is 13.4 Å². The third-order valence-corrected chi connectivity index (χ3v) is 4.16. The molecule has 2 nitrogen and oxygen atoms in total. The number of hydrogen-bond donors (Lipinski definition) is 0. The summed E-state index contributed by atoms with van der Waals surface area (Å²) in [5.41, 5.74) is 0. The topological polar surface area (TPSA) is 34.1 Å².